The molecule has 1 aromatic heterocycles. The van der Waals surface area contributed by atoms with Crippen LogP contribution < -0.4 is 10.1 Å². The van der Waals surface area contributed by atoms with Crippen LogP contribution in [0.1, 0.15) is 35.7 Å². The average molecular weight is 376 g/mol. The summed E-state index contributed by atoms with van der Waals surface area (Å²) in [6.45, 7) is 4.94. The first kappa shape index (κ1) is 17.3. The van der Waals surface area contributed by atoms with Crippen LogP contribution in [0, 0.1) is 5.92 Å². The van der Waals surface area contributed by atoms with Crippen molar-refractivity contribution in [3.8, 4) is 17.1 Å². The first-order chi connectivity index (χ1) is 13.7. The molecule has 2 aliphatic rings. The van der Waals surface area contributed by atoms with Crippen molar-refractivity contribution in [2.75, 3.05) is 19.8 Å². The van der Waals surface area contributed by atoms with Crippen LogP contribution in [0.25, 0.3) is 22.3 Å². The minimum Gasteiger partial charge on any atom is -0.478 e. The van der Waals surface area contributed by atoms with E-state index in [4.69, 9.17) is 9.15 Å². The van der Waals surface area contributed by atoms with E-state index in [0.29, 0.717) is 24.6 Å². The molecule has 0 unspecified atom stereocenters. The van der Waals surface area contributed by atoms with Crippen molar-refractivity contribution in [1.82, 2.24) is 10.2 Å². The zero-order valence-electron chi connectivity index (χ0n) is 16.0. The number of carbonyl (C=O) groups is 1. The molecule has 0 radical (unpaired) electrons. The number of ether oxygens (including phenoxy) is 1. The van der Waals surface area contributed by atoms with E-state index in [0.717, 1.165) is 46.9 Å². The molecule has 0 saturated heterocycles. The molecule has 1 N–H and O–H groups in total. The molecule has 1 aliphatic carbocycles. The van der Waals surface area contributed by atoms with Crippen molar-refractivity contribution >= 4 is 16.9 Å². The molecule has 0 bridgehead atoms. The van der Waals surface area contributed by atoms with Gasteiger partial charge in [-0.05, 0) is 37.8 Å². The minimum atomic E-state index is -0.104. The van der Waals surface area contributed by atoms with E-state index in [1.165, 1.54) is 12.8 Å². The van der Waals surface area contributed by atoms with Crippen molar-refractivity contribution < 1.29 is 13.9 Å². The largest absolute Gasteiger partial charge is 0.478 e. The third kappa shape index (κ3) is 3.06. The summed E-state index contributed by atoms with van der Waals surface area (Å²) < 4.78 is 12.2. The highest BCUT2D eigenvalue weighted by Crippen LogP contribution is 2.41. The van der Waals surface area contributed by atoms with Gasteiger partial charge in [-0.3, -0.25) is 9.69 Å². The van der Waals surface area contributed by atoms with Crippen molar-refractivity contribution in [2.45, 2.75) is 26.3 Å². The third-order valence-corrected chi connectivity index (χ3v) is 5.52. The van der Waals surface area contributed by atoms with Crippen LogP contribution in [0.2, 0.25) is 0 Å². The van der Waals surface area contributed by atoms with Crippen LogP contribution in [-0.4, -0.2) is 30.6 Å². The second kappa shape index (κ2) is 6.99. The van der Waals surface area contributed by atoms with Crippen molar-refractivity contribution in [2.24, 2.45) is 5.92 Å². The molecule has 2 aromatic carbocycles. The maximum absolute atomic E-state index is 13.0. The van der Waals surface area contributed by atoms with E-state index in [-0.39, 0.29) is 5.91 Å². The van der Waals surface area contributed by atoms with E-state index < -0.39 is 0 Å². The van der Waals surface area contributed by atoms with Crippen molar-refractivity contribution in [3.05, 3.63) is 53.6 Å². The Morgan fingerprint density at radius 2 is 2.00 bits per heavy atom. The average Bonchev–Trinajstić information content (AvgIpc) is 3.44. The van der Waals surface area contributed by atoms with Crippen LogP contribution >= 0.6 is 0 Å². The number of furan rings is 1. The Morgan fingerprint density at radius 1 is 1.18 bits per heavy atom. The Morgan fingerprint density at radius 3 is 2.75 bits per heavy atom. The van der Waals surface area contributed by atoms with E-state index in [1.54, 1.807) is 0 Å². The smallest absolute Gasteiger partial charge is 0.255 e. The van der Waals surface area contributed by atoms with Gasteiger partial charge in [0.15, 0.2) is 0 Å². The summed E-state index contributed by atoms with van der Waals surface area (Å²) in [4.78, 5) is 15.4. The Bertz CT molecular complexity index is 1020. The lowest BCUT2D eigenvalue weighted by molar-refractivity contribution is 0.0916. The summed E-state index contributed by atoms with van der Waals surface area (Å²) in [5, 5.41) is 3.83. The molecule has 5 rings (SSSR count). The number of nitrogens with zero attached hydrogens (tertiary/aromatic N) is 1. The summed E-state index contributed by atoms with van der Waals surface area (Å²) in [5.74, 6) is 2.16. The van der Waals surface area contributed by atoms with Crippen molar-refractivity contribution in [3.63, 3.8) is 0 Å². The lowest BCUT2D eigenvalue weighted by atomic mass is 9.99. The SMILES string of the molecule is CCNC(=O)c1c(-c2ccccc2)oc2ccc3c(c12)CN(CC1CC1)CO3. The molecule has 2 heterocycles. The van der Waals surface area contributed by atoms with E-state index in [9.17, 15) is 4.79 Å². The molecule has 3 aromatic rings. The fourth-order valence-corrected chi connectivity index (χ4v) is 4.00. The van der Waals surface area contributed by atoms with E-state index in [2.05, 4.69) is 10.2 Å². The molecule has 1 amide bonds. The molecule has 28 heavy (non-hydrogen) atoms. The molecule has 0 spiro atoms. The topological polar surface area (TPSA) is 54.7 Å². The number of hydrogen-bond donors (Lipinski definition) is 1. The van der Waals surface area contributed by atoms with Crippen LogP contribution in [0.5, 0.6) is 5.75 Å². The quantitative estimate of drug-likeness (QED) is 0.717. The number of fused-ring (bicyclic) bond motifs is 3. The highest BCUT2D eigenvalue weighted by molar-refractivity contribution is 6.12. The first-order valence-corrected chi connectivity index (χ1v) is 10.0. The molecule has 1 fully saturated rings. The van der Waals surface area contributed by atoms with Gasteiger partial charge in [0.2, 0.25) is 0 Å². The predicted octanol–water partition coefficient (Wildman–Crippen LogP) is 4.41. The Labute approximate surface area is 164 Å². The maximum atomic E-state index is 13.0. The van der Waals surface area contributed by atoms with Gasteiger partial charge in [-0.15, -0.1) is 0 Å². The van der Waals surface area contributed by atoms with Crippen LogP contribution in [0.4, 0.5) is 0 Å². The molecule has 144 valence electrons. The minimum absolute atomic E-state index is 0.104. The van der Waals surface area contributed by atoms with Gasteiger partial charge >= 0.3 is 0 Å². The van der Waals surface area contributed by atoms with Gasteiger partial charge in [-0.2, -0.15) is 0 Å². The zero-order chi connectivity index (χ0) is 19.1. The van der Waals surface area contributed by atoms with Gasteiger partial charge in [0, 0.05) is 36.1 Å². The molecular formula is C23H24N2O3. The third-order valence-electron chi connectivity index (χ3n) is 5.52. The first-order valence-electron chi connectivity index (χ1n) is 10.0. The van der Waals surface area contributed by atoms with E-state index >= 15 is 0 Å². The van der Waals surface area contributed by atoms with Crippen LogP contribution in [-0.2, 0) is 6.54 Å². The molecule has 5 nitrogen and oxygen atoms in total. The highest BCUT2D eigenvalue weighted by atomic mass is 16.5. The number of hydrogen-bond acceptors (Lipinski definition) is 4. The highest BCUT2D eigenvalue weighted by Gasteiger charge is 2.31. The lowest BCUT2D eigenvalue weighted by Crippen LogP contribution is -2.34. The lowest BCUT2D eigenvalue weighted by Gasteiger charge is -2.29. The molecule has 1 saturated carbocycles. The van der Waals surface area contributed by atoms with Crippen molar-refractivity contribution in [1.29, 1.82) is 0 Å². The molecule has 0 atom stereocenters. The van der Waals surface area contributed by atoms with Gasteiger partial charge in [-0.25, -0.2) is 0 Å². The van der Waals surface area contributed by atoms with E-state index in [1.807, 2.05) is 49.4 Å². The molecular weight excluding hydrogens is 352 g/mol. The zero-order valence-corrected chi connectivity index (χ0v) is 16.0. The second-order valence-electron chi connectivity index (χ2n) is 7.68. The summed E-state index contributed by atoms with van der Waals surface area (Å²) in [6, 6.07) is 13.7. The summed E-state index contributed by atoms with van der Waals surface area (Å²) in [6.07, 6.45) is 2.61. The number of nitrogens with one attached hydrogen (secondary N) is 1. The number of amides is 1. The monoisotopic (exact) mass is 376 g/mol. The van der Waals surface area contributed by atoms with Gasteiger partial charge in [0.1, 0.15) is 23.8 Å². The van der Waals surface area contributed by atoms with Gasteiger partial charge in [0.05, 0.1) is 5.56 Å². The Hall–Kier alpha value is -2.79. The second-order valence-corrected chi connectivity index (χ2v) is 7.68. The summed E-state index contributed by atoms with van der Waals surface area (Å²) >= 11 is 0. The predicted molar refractivity (Wildman–Crippen MR) is 108 cm³/mol. The van der Waals surface area contributed by atoms with Gasteiger partial charge in [0.25, 0.3) is 5.91 Å². The number of carbonyl (C=O) groups excluding carboxylic acids is 1. The maximum Gasteiger partial charge on any atom is 0.255 e. The number of rotatable bonds is 5. The van der Waals surface area contributed by atoms with Crippen LogP contribution in [0.15, 0.2) is 46.9 Å². The summed E-state index contributed by atoms with van der Waals surface area (Å²) in [5.41, 5.74) is 3.30. The van der Waals surface area contributed by atoms with Gasteiger partial charge in [-0.1, -0.05) is 30.3 Å². The molecule has 5 heteroatoms. The Kier molecular flexibility index (Phi) is 4.32. The normalized spacial score (nSPS) is 16.6. The van der Waals surface area contributed by atoms with Crippen LogP contribution in [0.3, 0.4) is 0 Å². The molecule has 1 aliphatic heterocycles. The summed E-state index contributed by atoms with van der Waals surface area (Å²) in [7, 11) is 0. The fourth-order valence-electron chi connectivity index (χ4n) is 4.00. The Balaban J connectivity index is 1.67. The standard InChI is InChI=1S/C23H24N2O3/c1-2-24-23(26)21-20-17-13-25(12-15-8-9-15)14-27-18(17)10-11-19(20)28-22(21)16-6-4-3-5-7-16/h3-7,10-11,15H,2,8-9,12-14H2,1H3,(H,24,26). The number of benzene rings is 2. The fraction of sp³-hybridized carbons (Fsp3) is 0.348. The van der Waals surface area contributed by atoms with Gasteiger partial charge < -0.3 is 14.5 Å².